The number of benzene rings is 2. The summed E-state index contributed by atoms with van der Waals surface area (Å²) in [5.41, 5.74) is 7.33. The number of hydrogen-bond donors (Lipinski definition) is 1. The van der Waals surface area contributed by atoms with Crippen LogP contribution in [0.5, 0.6) is 0 Å². The molecule has 0 radical (unpaired) electrons. The molecule has 34 heavy (non-hydrogen) atoms. The molecule has 11 heteroatoms. The van der Waals surface area contributed by atoms with Gasteiger partial charge in [-0.05, 0) is 37.1 Å². The van der Waals surface area contributed by atoms with E-state index in [1.807, 2.05) is 0 Å². The summed E-state index contributed by atoms with van der Waals surface area (Å²) in [6.45, 7) is 0.793. The first kappa shape index (κ1) is 22.1. The lowest BCUT2D eigenvalue weighted by Crippen LogP contribution is -2.30. The zero-order chi connectivity index (χ0) is 23.7. The van der Waals surface area contributed by atoms with E-state index >= 15 is 0 Å². The maximum atomic E-state index is 14.1. The number of nitrogen functional groups attached to an aromatic ring is 1. The van der Waals surface area contributed by atoms with Crippen LogP contribution in [-0.2, 0) is 14.6 Å². The third-order valence-corrected chi connectivity index (χ3v) is 7.75. The van der Waals surface area contributed by atoms with Crippen molar-refractivity contribution in [2.75, 3.05) is 18.9 Å². The zero-order valence-electron chi connectivity index (χ0n) is 17.9. The first-order chi connectivity index (χ1) is 16.4. The highest BCUT2D eigenvalue weighted by molar-refractivity contribution is 7.92. The van der Waals surface area contributed by atoms with E-state index < -0.39 is 20.9 Å². The lowest BCUT2D eigenvalue weighted by Gasteiger charge is -2.22. The average molecular weight is 486 g/mol. The molecule has 178 valence electrons. The number of nitrogens with two attached hydrogens (primary N) is 1. The van der Waals surface area contributed by atoms with Gasteiger partial charge in [-0.2, -0.15) is 0 Å². The Kier molecular flexibility index (Phi) is 5.80. The molecule has 1 aliphatic heterocycles. The molecular formula is C23H24FN5O4S. The monoisotopic (exact) mass is 485 g/mol. The second-order valence-electron chi connectivity index (χ2n) is 7.79. The van der Waals surface area contributed by atoms with Gasteiger partial charge < -0.3 is 14.9 Å². The van der Waals surface area contributed by atoms with Gasteiger partial charge in [0.25, 0.3) is 11.8 Å². The number of rotatable bonds is 5. The number of sulfone groups is 1. The molecule has 1 aliphatic rings. The van der Waals surface area contributed by atoms with Crippen molar-refractivity contribution < 1.29 is 24.8 Å². The predicted molar refractivity (Wildman–Crippen MR) is 126 cm³/mol. The number of anilines is 1. The quantitative estimate of drug-likeness (QED) is 0.444. The molecule has 0 aliphatic carbocycles. The van der Waals surface area contributed by atoms with Crippen LogP contribution in [0.25, 0.3) is 34.3 Å². The lowest BCUT2D eigenvalue weighted by molar-refractivity contribution is 0.0991. The van der Waals surface area contributed by atoms with Crippen molar-refractivity contribution in [2.24, 2.45) is 0 Å². The van der Waals surface area contributed by atoms with Crippen molar-refractivity contribution in [3.8, 4) is 34.3 Å². The normalized spacial score (nSPS) is 16.4. The second kappa shape index (κ2) is 8.92. The maximum absolute atomic E-state index is 14.1. The van der Waals surface area contributed by atoms with Gasteiger partial charge in [-0.15, -0.1) is 10.2 Å². The van der Waals surface area contributed by atoms with Gasteiger partial charge in [-0.3, -0.25) is 0 Å². The highest BCUT2D eigenvalue weighted by Crippen LogP contribution is 2.30. The van der Waals surface area contributed by atoms with Crippen molar-refractivity contribution in [2.45, 2.75) is 23.0 Å². The third-order valence-electron chi connectivity index (χ3n) is 5.57. The van der Waals surface area contributed by atoms with Gasteiger partial charge in [0, 0.05) is 15.0 Å². The van der Waals surface area contributed by atoms with Gasteiger partial charge in [-0.25, -0.2) is 22.8 Å². The van der Waals surface area contributed by atoms with Crippen LogP contribution in [0.15, 0.2) is 64.0 Å². The molecule has 0 bridgehead atoms. The van der Waals surface area contributed by atoms with E-state index in [0.717, 1.165) is 6.42 Å². The summed E-state index contributed by atoms with van der Waals surface area (Å²) in [6.07, 6.45) is 2.77. The average Bonchev–Trinajstić information content (AvgIpc) is 3.35. The minimum atomic E-state index is -3.49. The Bertz CT molecular complexity index is 1450. The van der Waals surface area contributed by atoms with Crippen molar-refractivity contribution in [1.29, 1.82) is 0 Å². The fourth-order valence-electron chi connectivity index (χ4n) is 3.72. The fraction of sp³-hybridized carbons (Fsp3) is 0.217. The maximum Gasteiger partial charge on any atom is 0.270 e. The SMILES string of the molecule is Nc1ncc(-c2ccc(S(=O)(=O)C3CCCOC3)cc2)nc1-c1nnc(-c2ccccc2F)o1.[HH].[HH]. The van der Waals surface area contributed by atoms with E-state index in [2.05, 4.69) is 20.2 Å². The van der Waals surface area contributed by atoms with E-state index in [9.17, 15) is 12.8 Å². The summed E-state index contributed by atoms with van der Waals surface area (Å²) >= 11 is 0. The predicted octanol–water partition coefficient (Wildman–Crippen LogP) is 4.03. The molecule has 9 nitrogen and oxygen atoms in total. The number of halogens is 1. The number of hydrogen-bond acceptors (Lipinski definition) is 9. The van der Waals surface area contributed by atoms with Gasteiger partial charge in [0.15, 0.2) is 21.3 Å². The molecule has 1 atom stereocenters. The molecule has 5 rings (SSSR count). The summed E-state index contributed by atoms with van der Waals surface area (Å²) in [5.74, 6) is -0.466. The van der Waals surface area contributed by atoms with Crippen LogP contribution < -0.4 is 5.73 Å². The minimum absolute atomic E-state index is 0. The highest BCUT2D eigenvalue weighted by atomic mass is 32.2. The van der Waals surface area contributed by atoms with Crippen LogP contribution in [0, 0.1) is 5.82 Å². The Morgan fingerprint density at radius 3 is 2.56 bits per heavy atom. The molecular weight excluding hydrogens is 461 g/mol. The van der Waals surface area contributed by atoms with E-state index in [-0.39, 0.29) is 43.2 Å². The molecule has 2 aromatic carbocycles. The van der Waals surface area contributed by atoms with Crippen molar-refractivity contribution in [3.05, 3.63) is 60.5 Å². The van der Waals surface area contributed by atoms with Crippen LogP contribution in [-0.4, -0.2) is 47.0 Å². The number of aromatic nitrogens is 4. The van der Waals surface area contributed by atoms with E-state index in [1.165, 1.54) is 18.3 Å². The highest BCUT2D eigenvalue weighted by Gasteiger charge is 2.29. The van der Waals surface area contributed by atoms with Crippen molar-refractivity contribution >= 4 is 15.7 Å². The topological polar surface area (TPSA) is 134 Å². The van der Waals surface area contributed by atoms with E-state index in [4.69, 9.17) is 14.9 Å². The van der Waals surface area contributed by atoms with Crippen molar-refractivity contribution in [1.82, 2.24) is 20.2 Å². The molecule has 2 N–H and O–H groups in total. The Labute approximate surface area is 197 Å². The van der Waals surface area contributed by atoms with Crippen molar-refractivity contribution in [3.63, 3.8) is 0 Å². The van der Waals surface area contributed by atoms with Crippen LogP contribution in [0.2, 0.25) is 0 Å². The van der Waals surface area contributed by atoms with E-state index in [0.29, 0.717) is 24.3 Å². The molecule has 1 fully saturated rings. The fourth-order valence-corrected chi connectivity index (χ4v) is 5.37. The van der Waals surface area contributed by atoms with Crippen LogP contribution in [0.3, 0.4) is 0 Å². The first-order valence-electron chi connectivity index (χ1n) is 10.6. The van der Waals surface area contributed by atoms with Gasteiger partial charge in [0.05, 0.1) is 34.2 Å². The third kappa shape index (κ3) is 4.15. The number of ether oxygens (including phenoxy) is 1. The van der Waals surface area contributed by atoms with Crippen LogP contribution >= 0.6 is 0 Å². The molecule has 1 saturated heterocycles. The molecule has 1 unspecified atom stereocenters. The standard InChI is InChI=1S/C23H20FN5O4S.2H2/c24-18-6-2-1-5-17(18)22-28-29-23(33-22)20-21(25)26-12-19(27-20)14-7-9-15(10-8-14)34(30,31)16-4-3-11-32-13-16;;/h1-2,5-10,12,16H,3-4,11,13H2,(H2,25,26);2*1H. The van der Waals surface area contributed by atoms with Gasteiger partial charge in [-0.1, -0.05) is 24.3 Å². The van der Waals surface area contributed by atoms with Gasteiger partial charge in [0.1, 0.15) is 5.82 Å². The Hall–Kier alpha value is -3.70. The second-order valence-corrected chi connectivity index (χ2v) is 10.0. The summed E-state index contributed by atoms with van der Waals surface area (Å²) in [5, 5.41) is 7.29. The first-order valence-corrected chi connectivity index (χ1v) is 12.1. The lowest BCUT2D eigenvalue weighted by atomic mass is 10.1. The number of nitrogens with zero attached hydrogens (tertiary/aromatic N) is 4. The molecule has 0 amide bonds. The minimum Gasteiger partial charge on any atom is -0.414 e. The summed E-state index contributed by atoms with van der Waals surface area (Å²) in [6, 6.07) is 12.4. The van der Waals surface area contributed by atoms with Gasteiger partial charge >= 0.3 is 0 Å². The summed E-state index contributed by atoms with van der Waals surface area (Å²) in [7, 11) is -3.49. The molecule has 2 aromatic heterocycles. The van der Waals surface area contributed by atoms with Crippen LogP contribution in [0.1, 0.15) is 15.7 Å². The molecule has 4 aromatic rings. The Morgan fingerprint density at radius 1 is 1.06 bits per heavy atom. The zero-order valence-corrected chi connectivity index (χ0v) is 18.7. The largest absolute Gasteiger partial charge is 0.414 e. The van der Waals surface area contributed by atoms with Crippen LogP contribution in [0.4, 0.5) is 10.2 Å². The smallest absolute Gasteiger partial charge is 0.270 e. The molecule has 0 spiro atoms. The molecule has 0 saturated carbocycles. The summed E-state index contributed by atoms with van der Waals surface area (Å²) < 4.78 is 50.8. The Morgan fingerprint density at radius 2 is 1.82 bits per heavy atom. The summed E-state index contributed by atoms with van der Waals surface area (Å²) in [4.78, 5) is 8.86. The van der Waals surface area contributed by atoms with Gasteiger partial charge in [0.2, 0.25) is 0 Å². The van der Waals surface area contributed by atoms with E-state index in [1.54, 1.807) is 36.4 Å². The Balaban J connectivity index is 0.00000180. The molecule has 3 heterocycles.